The summed E-state index contributed by atoms with van der Waals surface area (Å²) in [6, 6.07) is 0. The van der Waals surface area contributed by atoms with Gasteiger partial charge in [-0.15, -0.1) is 0 Å². The minimum Gasteiger partial charge on any atom is -0.481 e. The predicted molar refractivity (Wildman–Crippen MR) is 75.9 cm³/mol. The van der Waals surface area contributed by atoms with Gasteiger partial charge in [-0.1, -0.05) is 12.2 Å². The van der Waals surface area contributed by atoms with Gasteiger partial charge in [0.15, 0.2) is 0 Å². The van der Waals surface area contributed by atoms with Crippen LogP contribution >= 0.6 is 0 Å². The van der Waals surface area contributed by atoms with Crippen molar-refractivity contribution in [1.82, 2.24) is 10.2 Å². The van der Waals surface area contributed by atoms with Gasteiger partial charge in [0.1, 0.15) is 5.92 Å². The highest BCUT2D eigenvalue weighted by molar-refractivity contribution is 5.87. The zero-order chi connectivity index (χ0) is 15.7. The number of rotatable bonds is 6. The fourth-order valence-corrected chi connectivity index (χ4v) is 3.45. The Bertz CT molecular complexity index is 518. The van der Waals surface area contributed by atoms with Crippen molar-refractivity contribution in [1.29, 1.82) is 0 Å². The molecule has 0 aromatic rings. The van der Waals surface area contributed by atoms with Crippen molar-refractivity contribution in [2.45, 2.75) is 31.5 Å². The second-order valence-corrected chi connectivity index (χ2v) is 5.97. The monoisotopic (exact) mass is 308 g/mol. The van der Waals surface area contributed by atoms with E-state index in [9.17, 15) is 19.5 Å². The number of amides is 2. The summed E-state index contributed by atoms with van der Waals surface area (Å²) in [5.74, 6) is -2.59. The molecule has 7 heteroatoms. The summed E-state index contributed by atoms with van der Waals surface area (Å²) in [6.07, 6.45) is 4.73. The summed E-state index contributed by atoms with van der Waals surface area (Å²) in [5, 5.41) is 12.0. The first-order chi connectivity index (χ1) is 10.6. The van der Waals surface area contributed by atoms with Gasteiger partial charge in [-0.3, -0.25) is 14.4 Å². The molecular weight excluding hydrogens is 288 g/mol. The lowest BCUT2D eigenvalue weighted by Crippen LogP contribution is -2.43. The Labute approximate surface area is 128 Å². The Morgan fingerprint density at radius 3 is 2.68 bits per heavy atom. The SMILES string of the molecule is O=C(O)C1C2C=CC(O2)C1C(=O)NCCCN1CCCC1=O. The van der Waals surface area contributed by atoms with Crippen LogP contribution in [0.25, 0.3) is 0 Å². The molecule has 0 saturated carbocycles. The van der Waals surface area contributed by atoms with Crippen molar-refractivity contribution < 1.29 is 24.2 Å². The fraction of sp³-hybridized carbons (Fsp3) is 0.667. The number of nitrogens with one attached hydrogen (secondary N) is 1. The van der Waals surface area contributed by atoms with E-state index in [1.807, 2.05) is 0 Å². The molecule has 4 atom stereocenters. The number of fused-ring (bicyclic) bond motifs is 2. The Balaban J connectivity index is 1.46. The Morgan fingerprint density at radius 1 is 1.32 bits per heavy atom. The van der Waals surface area contributed by atoms with Gasteiger partial charge in [0.25, 0.3) is 0 Å². The maximum atomic E-state index is 12.2. The molecule has 2 saturated heterocycles. The second kappa shape index (κ2) is 6.08. The van der Waals surface area contributed by atoms with E-state index in [0.29, 0.717) is 25.9 Å². The highest BCUT2D eigenvalue weighted by atomic mass is 16.5. The van der Waals surface area contributed by atoms with Gasteiger partial charge in [0, 0.05) is 26.1 Å². The third-order valence-corrected chi connectivity index (χ3v) is 4.56. The molecule has 7 nitrogen and oxygen atoms in total. The third-order valence-electron chi connectivity index (χ3n) is 4.56. The average molecular weight is 308 g/mol. The van der Waals surface area contributed by atoms with Crippen LogP contribution in [-0.4, -0.2) is 59.6 Å². The number of nitrogens with zero attached hydrogens (tertiary/aromatic N) is 1. The number of carbonyl (C=O) groups excluding carboxylic acids is 2. The van der Waals surface area contributed by atoms with Crippen molar-refractivity contribution in [2.75, 3.05) is 19.6 Å². The van der Waals surface area contributed by atoms with Crippen LogP contribution in [0.3, 0.4) is 0 Å². The second-order valence-electron chi connectivity index (χ2n) is 5.97. The molecular formula is C15H20N2O5. The number of ether oxygens (including phenoxy) is 1. The molecule has 3 heterocycles. The van der Waals surface area contributed by atoms with E-state index >= 15 is 0 Å². The lowest BCUT2D eigenvalue weighted by atomic mass is 9.82. The first-order valence-corrected chi connectivity index (χ1v) is 7.70. The van der Waals surface area contributed by atoms with Crippen LogP contribution in [0.1, 0.15) is 19.3 Å². The van der Waals surface area contributed by atoms with Gasteiger partial charge in [-0.05, 0) is 12.8 Å². The van der Waals surface area contributed by atoms with Crippen molar-refractivity contribution in [2.24, 2.45) is 11.8 Å². The molecule has 2 amide bonds. The molecule has 120 valence electrons. The van der Waals surface area contributed by atoms with E-state index in [2.05, 4.69) is 5.32 Å². The van der Waals surface area contributed by atoms with Crippen molar-refractivity contribution in [3.63, 3.8) is 0 Å². The third kappa shape index (κ3) is 2.72. The van der Waals surface area contributed by atoms with Gasteiger partial charge < -0.3 is 20.1 Å². The maximum Gasteiger partial charge on any atom is 0.310 e. The van der Waals surface area contributed by atoms with E-state index in [-0.39, 0.29) is 11.8 Å². The molecule has 0 aromatic heterocycles. The van der Waals surface area contributed by atoms with E-state index < -0.39 is 30.0 Å². The zero-order valence-corrected chi connectivity index (χ0v) is 12.2. The van der Waals surface area contributed by atoms with E-state index in [1.165, 1.54) is 0 Å². The topological polar surface area (TPSA) is 95.9 Å². The normalized spacial score (nSPS) is 32.7. The van der Waals surface area contributed by atoms with Gasteiger partial charge in [0.2, 0.25) is 11.8 Å². The number of carboxylic acids is 1. The first-order valence-electron chi connectivity index (χ1n) is 7.70. The van der Waals surface area contributed by atoms with Crippen molar-refractivity contribution in [3.05, 3.63) is 12.2 Å². The van der Waals surface area contributed by atoms with Crippen LogP contribution in [0, 0.1) is 11.8 Å². The Morgan fingerprint density at radius 2 is 2.05 bits per heavy atom. The van der Waals surface area contributed by atoms with E-state index in [4.69, 9.17) is 4.74 Å². The molecule has 22 heavy (non-hydrogen) atoms. The van der Waals surface area contributed by atoms with Gasteiger partial charge in [0.05, 0.1) is 18.1 Å². The van der Waals surface area contributed by atoms with E-state index in [1.54, 1.807) is 17.1 Å². The molecule has 3 aliphatic rings. The Hall–Kier alpha value is -1.89. The number of aliphatic carboxylic acids is 1. The highest BCUT2D eigenvalue weighted by Gasteiger charge is 2.53. The van der Waals surface area contributed by atoms with Crippen LogP contribution in [0.4, 0.5) is 0 Å². The van der Waals surface area contributed by atoms with Crippen molar-refractivity contribution >= 4 is 17.8 Å². The van der Waals surface area contributed by atoms with Gasteiger partial charge in [-0.25, -0.2) is 0 Å². The summed E-state index contributed by atoms with van der Waals surface area (Å²) in [4.78, 5) is 36.8. The molecule has 0 spiro atoms. The molecule has 0 aromatic carbocycles. The summed E-state index contributed by atoms with van der Waals surface area (Å²) in [7, 11) is 0. The number of likely N-dealkylation sites (tertiary alicyclic amines) is 1. The Kier molecular flexibility index (Phi) is 4.15. The van der Waals surface area contributed by atoms with Gasteiger partial charge >= 0.3 is 5.97 Å². The van der Waals surface area contributed by atoms with Crippen LogP contribution in [0.5, 0.6) is 0 Å². The maximum absolute atomic E-state index is 12.2. The van der Waals surface area contributed by atoms with Crippen LogP contribution < -0.4 is 5.32 Å². The molecule has 2 bridgehead atoms. The number of hydrogen-bond acceptors (Lipinski definition) is 4. The molecule has 0 aliphatic carbocycles. The standard InChI is InChI=1S/C15H20N2O5/c18-11-3-1-7-17(11)8-2-6-16-14(19)12-9-4-5-10(22-9)13(12)15(20)21/h4-5,9-10,12-13H,1-3,6-8H2,(H,16,19)(H,20,21). The predicted octanol–water partition coefficient (Wildman–Crippen LogP) is -0.231. The fourth-order valence-electron chi connectivity index (χ4n) is 3.45. The largest absolute Gasteiger partial charge is 0.481 e. The lowest BCUT2D eigenvalue weighted by molar-refractivity contribution is -0.146. The molecule has 2 N–H and O–H groups in total. The summed E-state index contributed by atoms with van der Waals surface area (Å²) < 4.78 is 5.48. The van der Waals surface area contributed by atoms with E-state index in [0.717, 1.165) is 13.0 Å². The van der Waals surface area contributed by atoms with Crippen LogP contribution in [0.15, 0.2) is 12.2 Å². The summed E-state index contributed by atoms with van der Waals surface area (Å²) in [5.41, 5.74) is 0. The van der Waals surface area contributed by atoms with Crippen molar-refractivity contribution in [3.8, 4) is 0 Å². The number of carbonyl (C=O) groups is 3. The number of carboxylic acid groups (broad SMARTS) is 1. The minimum atomic E-state index is -1.00. The van der Waals surface area contributed by atoms with Crippen LogP contribution in [-0.2, 0) is 19.1 Å². The summed E-state index contributed by atoms with van der Waals surface area (Å²) in [6.45, 7) is 1.86. The molecule has 3 rings (SSSR count). The quantitative estimate of drug-likeness (QED) is 0.522. The smallest absolute Gasteiger partial charge is 0.310 e. The average Bonchev–Trinajstić information content (AvgIpc) is 3.18. The molecule has 4 unspecified atom stereocenters. The molecule has 3 aliphatic heterocycles. The summed E-state index contributed by atoms with van der Waals surface area (Å²) >= 11 is 0. The lowest BCUT2D eigenvalue weighted by Gasteiger charge is -2.21. The molecule has 0 radical (unpaired) electrons. The minimum absolute atomic E-state index is 0.170. The molecule has 2 fully saturated rings. The van der Waals surface area contributed by atoms with Crippen LogP contribution in [0.2, 0.25) is 0 Å². The highest BCUT2D eigenvalue weighted by Crippen LogP contribution is 2.39. The first kappa shape index (κ1) is 15.0. The van der Waals surface area contributed by atoms with Gasteiger partial charge in [-0.2, -0.15) is 0 Å². The zero-order valence-electron chi connectivity index (χ0n) is 12.2. The number of hydrogen-bond donors (Lipinski definition) is 2.